The number of rotatable bonds is 9. The van der Waals surface area contributed by atoms with Gasteiger partial charge in [-0.05, 0) is 45.8 Å². The molecule has 2 aliphatic heterocycles. The molecule has 8 nitrogen and oxygen atoms in total. The molecular weight excluding hydrogens is 502 g/mol. The first kappa shape index (κ1) is 33.7. The second-order valence-corrected chi connectivity index (χ2v) is 19.1. The third kappa shape index (κ3) is 7.59. The zero-order chi connectivity index (χ0) is 29.6. The monoisotopic (exact) mass is 559 g/mol. The lowest BCUT2D eigenvalue weighted by atomic mass is 9.77. The van der Waals surface area contributed by atoms with Gasteiger partial charge < -0.3 is 33.4 Å². The van der Waals surface area contributed by atoms with Crippen molar-refractivity contribution in [1.82, 2.24) is 4.90 Å². The Kier molecular flexibility index (Phi) is 10.4. The number of carbonyl (C=O) groups excluding carboxylic acids is 1. The number of hydrogen-bond donors (Lipinski definition) is 1. The molecular formula is C29H57NO7Si. The summed E-state index contributed by atoms with van der Waals surface area (Å²) in [6.07, 6.45) is -1.86. The number of nitrogens with zero attached hydrogens (tertiary/aromatic N) is 1. The van der Waals surface area contributed by atoms with Gasteiger partial charge in [0.25, 0.3) is 0 Å². The van der Waals surface area contributed by atoms with Gasteiger partial charge in [0.2, 0.25) is 5.91 Å². The predicted molar refractivity (Wildman–Crippen MR) is 152 cm³/mol. The van der Waals surface area contributed by atoms with Crippen molar-refractivity contribution in [2.75, 3.05) is 20.7 Å². The van der Waals surface area contributed by atoms with Crippen LogP contribution in [0.3, 0.4) is 0 Å². The van der Waals surface area contributed by atoms with Gasteiger partial charge in [-0.1, -0.05) is 48.5 Å². The average Bonchev–Trinajstić information content (AvgIpc) is 3.14. The van der Waals surface area contributed by atoms with Crippen molar-refractivity contribution in [2.45, 2.75) is 136 Å². The quantitative estimate of drug-likeness (QED) is 0.396. The molecule has 0 aromatic carbocycles. The van der Waals surface area contributed by atoms with Crippen LogP contribution in [-0.2, 0) is 28.2 Å². The predicted octanol–water partition coefficient (Wildman–Crippen LogP) is 5.04. The first-order valence-corrected chi connectivity index (χ1v) is 17.2. The van der Waals surface area contributed by atoms with E-state index in [1.54, 1.807) is 21.0 Å². The van der Waals surface area contributed by atoms with E-state index in [1.807, 2.05) is 34.6 Å². The Morgan fingerprint density at radius 1 is 1.03 bits per heavy atom. The summed E-state index contributed by atoms with van der Waals surface area (Å²) in [6, 6.07) is 0. The number of aliphatic hydroxyl groups is 1. The zero-order valence-electron chi connectivity index (χ0n) is 26.7. The van der Waals surface area contributed by atoms with E-state index in [1.165, 1.54) is 4.90 Å². The molecule has 2 aliphatic rings. The molecule has 0 radical (unpaired) electrons. The van der Waals surface area contributed by atoms with E-state index in [9.17, 15) is 9.90 Å². The summed E-state index contributed by atoms with van der Waals surface area (Å²) in [5, 5.41) is 11.4. The third-order valence-corrected chi connectivity index (χ3v) is 13.4. The van der Waals surface area contributed by atoms with Crippen LogP contribution in [0.2, 0.25) is 18.1 Å². The lowest BCUT2D eigenvalue weighted by Crippen LogP contribution is -2.60. The molecule has 9 atom stereocenters. The molecule has 0 aromatic rings. The summed E-state index contributed by atoms with van der Waals surface area (Å²) >= 11 is 0. The topological polar surface area (TPSA) is 86.7 Å². The minimum absolute atomic E-state index is 0.0174. The maximum absolute atomic E-state index is 12.8. The van der Waals surface area contributed by atoms with Crippen molar-refractivity contribution in [3.8, 4) is 0 Å². The van der Waals surface area contributed by atoms with Gasteiger partial charge in [0.05, 0.1) is 36.9 Å². The molecule has 38 heavy (non-hydrogen) atoms. The van der Waals surface area contributed by atoms with E-state index < -0.39 is 31.9 Å². The van der Waals surface area contributed by atoms with E-state index in [0.717, 1.165) is 0 Å². The molecule has 1 amide bonds. The summed E-state index contributed by atoms with van der Waals surface area (Å²) in [6.45, 7) is 27.4. The maximum atomic E-state index is 12.8. The molecule has 2 saturated heterocycles. The highest BCUT2D eigenvalue weighted by Crippen LogP contribution is 2.44. The summed E-state index contributed by atoms with van der Waals surface area (Å²) in [5.74, 6) is -2.55. The second-order valence-electron chi connectivity index (χ2n) is 14.4. The first-order chi connectivity index (χ1) is 17.0. The van der Waals surface area contributed by atoms with Gasteiger partial charge in [0, 0.05) is 31.8 Å². The fourth-order valence-electron chi connectivity index (χ4n) is 5.56. The van der Waals surface area contributed by atoms with Gasteiger partial charge in [-0.15, -0.1) is 0 Å². The van der Waals surface area contributed by atoms with E-state index in [0.29, 0.717) is 6.61 Å². The molecule has 2 rings (SSSR count). The Balaban J connectivity index is 2.44. The van der Waals surface area contributed by atoms with E-state index >= 15 is 0 Å². The van der Waals surface area contributed by atoms with E-state index in [4.69, 9.17) is 23.4 Å². The normalized spacial score (nSPS) is 31.8. The van der Waals surface area contributed by atoms with Crippen LogP contribution in [0.5, 0.6) is 0 Å². The van der Waals surface area contributed by atoms with Crippen LogP contribution in [0.15, 0.2) is 0 Å². The Morgan fingerprint density at radius 3 is 2.03 bits per heavy atom. The lowest BCUT2D eigenvalue weighted by Gasteiger charge is -2.51. The highest BCUT2D eigenvalue weighted by atomic mass is 28.4. The summed E-state index contributed by atoms with van der Waals surface area (Å²) in [5.41, 5.74) is 0. The molecule has 2 heterocycles. The van der Waals surface area contributed by atoms with Gasteiger partial charge in [0.15, 0.2) is 19.9 Å². The van der Waals surface area contributed by atoms with Crippen LogP contribution in [0.4, 0.5) is 0 Å². The molecule has 0 bridgehead atoms. The van der Waals surface area contributed by atoms with Crippen molar-refractivity contribution in [1.29, 1.82) is 0 Å². The van der Waals surface area contributed by atoms with Gasteiger partial charge in [-0.2, -0.15) is 0 Å². The van der Waals surface area contributed by atoms with Crippen LogP contribution in [0.1, 0.15) is 76.2 Å². The molecule has 224 valence electrons. The molecule has 0 aromatic heterocycles. The summed E-state index contributed by atoms with van der Waals surface area (Å²) in [7, 11) is 1.20. The zero-order valence-corrected chi connectivity index (χ0v) is 27.7. The molecule has 9 heteroatoms. The average molecular weight is 560 g/mol. The van der Waals surface area contributed by atoms with Gasteiger partial charge in [-0.3, -0.25) is 4.79 Å². The molecule has 0 aliphatic carbocycles. The minimum atomic E-state index is -2.24. The van der Waals surface area contributed by atoms with Crippen LogP contribution in [0, 0.1) is 23.7 Å². The number of carbonyl (C=O) groups is 1. The lowest BCUT2D eigenvalue weighted by molar-refractivity contribution is -0.345. The fraction of sp³-hybridized carbons (Fsp3) is 0.966. The van der Waals surface area contributed by atoms with Crippen molar-refractivity contribution < 1.29 is 33.3 Å². The number of hydrogen-bond acceptors (Lipinski definition) is 7. The van der Waals surface area contributed by atoms with Crippen molar-refractivity contribution in [3.63, 3.8) is 0 Å². The van der Waals surface area contributed by atoms with Crippen LogP contribution in [-0.4, -0.2) is 87.0 Å². The first-order valence-electron chi connectivity index (χ1n) is 14.3. The SMILES string of the molecule is C[C@H]([C@@H](O[Si](C)(C)C(C)(C)C)[C@@H](C)[C@H](O)[C@H](C)C(=O)N(C)C)[C@H]1OC(C)(C)O[C@H]([C@H]2COC(C)(C)O2)[C@H]1C. The minimum Gasteiger partial charge on any atom is -0.413 e. The third-order valence-electron chi connectivity index (χ3n) is 8.95. The van der Waals surface area contributed by atoms with Crippen LogP contribution in [0.25, 0.3) is 0 Å². The fourth-order valence-corrected chi connectivity index (χ4v) is 7.03. The van der Waals surface area contributed by atoms with Crippen molar-refractivity contribution in [3.05, 3.63) is 0 Å². The Hall–Kier alpha value is -0.553. The molecule has 0 spiro atoms. The van der Waals surface area contributed by atoms with Crippen molar-refractivity contribution >= 4 is 14.2 Å². The molecule has 0 unspecified atom stereocenters. The highest BCUT2D eigenvalue weighted by Gasteiger charge is 2.53. The van der Waals surface area contributed by atoms with Gasteiger partial charge in [-0.25, -0.2) is 0 Å². The summed E-state index contributed by atoms with van der Waals surface area (Å²) in [4.78, 5) is 14.3. The standard InChI is InChI=1S/C29H57NO7Si/c1-17(22(31)18(2)26(32)30(12)13)24(37-38(14,15)27(5,6)7)19(3)23-20(4)25(36-29(10,11)35-23)21-16-33-28(8,9)34-21/h17-25,31H,16H2,1-15H3/t17-,18-,19-,20-,21+,22-,23+,24-,25-/m0/s1. The molecule has 2 fully saturated rings. The van der Waals surface area contributed by atoms with Crippen LogP contribution >= 0.6 is 0 Å². The maximum Gasteiger partial charge on any atom is 0.227 e. The number of aliphatic hydroxyl groups excluding tert-OH is 1. The van der Waals surface area contributed by atoms with Crippen LogP contribution < -0.4 is 0 Å². The van der Waals surface area contributed by atoms with Gasteiger partial charge in [0.1, 0.15) is 6.10 Å². The number of ether oxygens (including phenoxy) is 4. The molecule has 0 saturated carbocycles. The Labute approximate surface area is 233 Å². The summed E-state index contributed by atoms with van der Waals surface area (Å²) < 4.78 is 32.2. The highest BCUT2D eigenvalue weighted by molar-refractivity contribution is 6.74. The van der Waals surface area contributed by atoms with Gasteiger partial charge >= 0.3 is 0 Å². The number of amides is 1. The molecule has 1 N–H and O–H groups in total. The van der Waals surface area contributed by atoms with Crippen molar-refractivity contribution in [2.24, 2.45) is 23.7 Å². The Bertz CT molecular complexity index is 809. The largest absolute Gasteiger partial charge is 0.413 e. The smallest absolute Gasteiger partial charge is 0.227 e. The Morgan fingerprint density at radius 2 is 1.58 bits per heavy atom. The van der Waals surface area contributed by atoms with E-state index in [2.05, 4.69) is 47.7 Å². The second kappa shape index (κ2) is 11.7. The van der Waals surface area contributed by atoms with E-state index in [-0.39, 0.29) is 53.1 Å².